The van der Waals surface area contributed by atoms with E-state index in [0.717, 1.165) is 31.2 Å². The SMILES string of the molecule is CCC1CN(C(=NC)NCCNC(=O)Cc2cccc(F)c2)CCS1. The zero-order chi connectivity index (χ0) is 18.1. The van der Waals surface area contributed by atoms with Crippen molar-refractivity contribution in [2.24, 2.45) is 4.99 Å². The lowest BCUT2D eigenvalue weighted by Gasteiger charge is -2.34. The van der Waals surface area contributed by atoms with Crippen molar-refractivity contribution in [3.05, 3.63) is 35.6 Å². The lowest BCUT2D eigenvalue weighted by molar-refractivity contribution is -0.120. The van der Waals surface area contributed by atoms with E-state index in [2.05, 4.69) is 27.4 Å². The fourth-order valence-electron chi connectivity index (χ4n) is 2.76. The van der Waals surface area contributed by atoms with Gasteiger partial charge >= 0.3 is 0 Å². The molecule has 138 valence electrons. The van der Waals surface area contributed by atoms with E-state index in [1.807, 2.05) is 11.8 Å². The van der Waals surface area contributed by atoms with Crippen LogP contribution in [0.5, 0.6) is 0 Å². The second-order valence-electron chi connectivity index (χ2n) is 5.98. The number of guanidine groups is 1. The maximum absolute atomic E-state index is 13.1. The summed E-state index contributed by atoms with van der Waals surface area (Å²) in [6, 6.07) is 6.13. The van der Waals surface area contributed by atoms with Crippen LogP contribution in [-0.2, 0) is 11.2 Å². The highest BCUT2D eigenvalue weighted by Gasteiger charge is 2.21. The first-order valence-corrected chi connectivity index (χ1v) is 9.75. The van der Waals surface area contributed by atoms with E-state index < -0.39 is 0 Å². The van der Waals surface area contributed by atoms with E-state index in [0.29, 0.717) is 23.9 Å². The minimum Gasteiger partial charge on any atom is -0.354 e. The highest BCUT2D eigenvalue weighted by molar-refractivity contribution is 8.00. The molecule has 0 aliphatic carbocycles. The normalized spacial score (nSPS) is 18.1. The van der Waals surface area contributed by atoms with Crippen molar-refractivity contribution in [3.8, 4) is 0 Å². The number of hydrogen-bond donors (Lipinski definition) is 2. The highest BCUT2D eigenvalue weighted by Crippen LogP contribution is 2.20. The smallest absolute Gasteiger partial charge is 0.224 e. The van der Waals surface area contributed by atoms with Gasteiger partial charge in [0.15, 0.2) is 5.96 Å². The number of nitrogens with one attached hydrogen (secondary N) is 2. The van der Waals surface area contributed by atoms with Gasteiger partial charge in [-0.15, -0.1) is 0 Å². The summed E-state index contributed by atoms with van der Waals surface area (Å²) in [5.74, 6) is 1.57. The molecule has 1 aliphatic rings. The molecule has 0 bridgehead atoms. The van der Waals surface area contributed by atoms with Crippen LogP contribution >= 0.6 is 11.8 Å². The third-order valence-corrected chi connectivity index (χ3v) is 5.46. The Morgan fingerprint density at radius 2 is 2.20 bits per heavy atom. The number of aliphatic imine (C=N–C) groups is 1. The van der Waals surface area contributed by atoms with E-state index >= 15 is 0 Å². The van der Waals surface area contributed by atoms with Gasteiger partial charge in [0, 0.05) is 44.2 Å². The molecule has 2 N–H and O–H groups in total. The van der Waals surface area contributed by atoms with Crippen LogP contribution in [0.1, 0.15) is 18.9 Å². The van der Waals surface area contributed by atoms with Gasteiger partial charge in [0.1, 0.15) is 5.82 Å². The molecule has 1 aliphatic heterocycles. The quantitative estimate of drug-likeness (QED) is 0.459. The minimum absolute atomic E-state index is 0.109. The monoisotopic (exact) mass is 366 g/mol. The molecule has 1 amide bonds. The molecule has 0 spiro atoms. The van der Waals surface area contributed by atoms with Gasteiger partial charge in [-0.3, -0.25) is 9.79 Å². The van der Waals surface area contributed by atoms with E-state index in [1.165, 1.54) is 12.1 Å². The average Bonchev–Trinajstić information content (AvgIpc) is 2.62. The molecule has 1 aromatic carbocycles. The van der Waals surface area contributed by atoms with Crippen LogP contribution < -0.4 is 10.6 Å². The van der Waals surface area contributed by atoms with Gasteiger partial charge in [-0.25, -0.2) is 4.39 Å². The van der Waals surface area contributed by atoms with Crippen molar-refractivity contribution in [1.29, 1.82) is 0 Å². The summed E-state index contributed by atoms with van der Waals surface area (Å²) in [7, 11) is 1.79. The molecular weight excluding hydrogens is 339 g/mol. The van der Waals surface area contributed by atoms with Gasteiger partial charge in [0.2, 0.25) is 5.91 Å². The van der Waals surface area contributed by atoms with Crippen LogP contribution in [0, 0.1) is 5.82 Å². The van der Waals surface area contributed by atoms with Crippen LogP contribution in [0.4, 0.5) is 4.39 Å². The summed E-state index contributed by atoms with van der Waals surface area (Å²) >= 11 is 2.02. The minimum atomic E-state index is -0.319. The van der Waals surface area contributed by atoms with Crippen molar-refractivity contribution in [1.82, 2.24) is 15.5 Å². The van der Waals surface area contributed by atoms with E-state index in [9.17, 15) is 9.18 Å². The molecule has 7 heteroatoms. The van der Waals surface area contributed by atoms with Crippen molar-refractivity contribution in [3.63, 3.8) is 0 Å². The lowest BCUT2D eigenvalue weighted by Crippen LogP contribution is -2.49. The largest absolute Gasteiger partial charge is 0.354 e. The molecule has 1 unspecified atom stereocenters. The standard InChI is InChI=1S/C18H27FN4OS/c1-3-16-13-23(9-10-25-16)18(20-2)22-8-7-21-17(24)12-14-5-4-6-15(19)11-14/h4-6,11,16H,3,7-10,12-13H2,1-2H3,(H,20,22)(H,21,24). The van der Waals surface area contributed by atoms with Crippen molar-refractivity contribution < 1.29 is 9.18 Å². The average molecular weight is 367 g/mol. The topological polar surface area (TPSA) is 56.7 Å². The first kappa shape index (κ1) is 19.6. The molecule has 1 fully saturated rings. The second-order valence-corrected chi connectivity index (χ2v) is 7.39. The van der Waals surface area contributed by atoms with E-state index in [4.69, 9.17) is 0 Å². The van der Waals surface area contributed by atoms with Crippen LogP contribution in [0.25, 0.3) is 0 Å². The predicted octanol–water partition coefficient (Wildman–Crippen LogP) is 1.89. The molecule has 0 saturated carbocycles. The van der Waals surface area contributed by atoms with E-state index in [1.54, 1.807) is 19.2 Å². The lowest BCUT2D eigenvalue weighted by atomic mass is 10.1. The molecule has 0 aromatic heterocycles. The summed E-state index contributed by atoms with van der Waals surface area (Å²) in [5, 5.41) is 6.81. The molecule has 2 rings (SSSR count). The third-order valence-electron chi connectivity index (χ3n) is 4.09. The Morgan fingerprint density at radius 1 is 1.40 bits per heavy atom. The Hall–Kier alpha value is -1.76. The molecular formula is C18H27FN4OS. The summed E-state index contributed by atoms with van der Waals surface area (Å²) in [6.07, 6.45) is 1.35. The zero-order valence-corrected chi connectivity index (χ0v) is 15.7. The van der Waals surface area contributed by atoms with Crippen molar-refractivity contribution in [2.75, 3.05) is 39.0 Å². The van der Waals surface area contributed by atoms with Crippen LogP contribution in [0.3, 0.4) is 0 Å². The van der Waals surface area contributed by atoms with Gasteiger partial charge in [-0.05, 0) is 24.1 Å². The first-order chi connectivity index (χ1) is 12.1. The Kier molecular flexibility index (Phi) is 8.04. The summed E-state index contributed by atoms with van der Waals surface area (Å²) in [4.78, 5) is 18.5. The highest BCUT2D eigenvalue weighted by atomic mass is 32.2. The summed E-state index contributed by atoms with van der Waals surface area (Å²) in [6.45, 7) is 5.33. The van der Waals surface area contributed by atoms with Gasteiger partial charge < -0.3 is 15.5 Å². The molecule has 25 heavy (non-hydrogen) atoms. The number of benzene rings is 1. The Bertz CT molecular complexity index is 596. The Morgan fingerprint density at radius 3 is 2.92 bits per heavy atom. The fourth-order valence-corrected chi connectivity index (χ4v) is 3.94. The van der Waals surface area contributed by atoms with Gasteiger partial charge in [-0.1, -0.05) is 19.1 Å². The van der Waals surface area contributed by atoms with Gasteiger partial charge in [-0.2, -0.15) is 11.8 Å². The molecule has 1 saturated heterocycles. The maximum Gasteiger partial charge on any atom is 0.224 e. The number of thioether (sulfide) groups is 1. The number of hydrogen-bond acceptors (Lipinski definition) is 3. The van der Waals surface area contributed by atoms with E-state index in [-0.39, 0.29) is 18.1 Å². The third kappa shape index (κ3) is 6.57. The predicted molar refractivity (Wildman–Crippen MR) is 103 cm³/mol. The number of halogens is 1. The maximum atomic E-state index is 13.1. The zero-order valence-electron chi connectivity index (χ0n) is 14.9. The first-order valence-electron chi connectivity index (χ1n) is 8.70. The summed E-state index contributed by atoms with van der Waals surface area (Å²) < 4.78 is 13.1. The Balaban J connectivity index is 1.69. The second kappa shape index (κ2) is 10.3. The van der Waals surface area contributed by atoms with Crippen molar-refractivity contribution >= 4 is 23.6 Å². The van der Waals surface area contributed by atoms with Crippen molar-refractivity contribution in [2.45, 2.75) is 25.0 Å². The van der Waals surface area contributed by atoms with Crippen LogP contribution in [-0.4, -0.2) is 61.0 Å². The number of rotatable bonds is 6. The fraction of sp³-hybridized carbons (Fsp3) is 0.556. The summed E-state index contributed by atoms with van der Waals surface area (Å²) in [5.41, 5.74) is 0.678. The number of carbonyl (C=O) groups excluding carboxylic acids is 1. The molecule has 5 nitrogen and oxygen atoms in total. The molecule has 0 radical (unpaired) electrons. The number of carbonyl (C=O) groups is 1. The number of nitrogens with zero attached hydrogens (tertiary/aromatic N) is 2. The molecule has 1 aromatic rings. The Labute approximate surface area is 153 Å². The van der Waals surface area contributed by atoms with Gasteiger partial charge in [0.05, 0.1) is 6.42 Å². The molecule has 1 heterocycles. The van der Waals surface area contributed by atoms with Crippen LogP contribution in [0.15, 0.2) is 29.3 Å². The molecule has 1 atom stereocenters. The number of amides is 1. The van der Waals surface area contributed by atoms with Gasteiger partial charge in [0.25, 0.3) is 0 Å². The van der Waals surface area contributed by atoms with Crippen LogP contribution in [0.2, 0.25) is 0 Å².